The number of anilines is 4. The van der Waals surface area contributed by atoms with Crippen LogP contribution in [-0.2, 0) is 19.2 Å². The lowest BCUT2D eigenvalue weighted by molar-refractivity contribution is -0.124. The van der Waals surface area contributed by atoms with Gasteiger partial charge in [-0.2, -0.15) is 0 Å². The molecule has 0 unspecified atom stereocenters. The van der Waals surface area contributed by atoms with Gasteiger partial charge >= 0.3 is 0 Å². The summed E-state index contributed by atoms with van der Waals surface area (Å²) in [5.41, 5.74) is 0.816. The SMILES string of the molecule is CC(C)(C)C(=O)Nc1ccc(-c2ccc(NC(=O)C(C)(C)C)c(NC(=O)C(C)(C)C)c2)cc1NC(=O)C(C)(C)C. The number of hydrogen-bond acceptors (Lipinski definition) is 4. The van der Waals surface area contributed by atoms with Crippen molar-refractivity contribution < 1.29 is 19.2 Å². The first-order valence-corrected chi connectivity index (χ1v) is 13.5. The van der Waals surface area contributed by atoms with Crippen molar-refractivity contribution in [2.24, 2.45) is 21.7 Å². The van der Waals surface area contributed by atoms with Gasteiger partial charge in [-0.05, 0) is 35.4 Å². The Labute approximate surface area is 239 Å². The molecule has 8 heteroatoms. The summed E-state index contributed by atoms with van der Waals surface area (Å²) in [5, 5.41) is 11.8. The van der Waals surface area contributed by atoms with Crippen molar-refractivity contribution >= 4 is 46.4 Å². The van der Waals surface area contributed by atoms with E-state index in [-0.39, 0.29) is 23.6 Å². The van der Waals surface area contributed by atoms with Gasteiger partial charge in [0.25, 0.3) is 0 Å². The zero-order chi connectivity index (χ0) is 30.8. The minimum Gasteiger partial charge on any atom is -0.324 e. The lowest BCUT2D eigenvalue weighted by atomic mass is 9.94. The molecule has 0 atom stereocenters. The third kappa shape index (κ3) is 8.66. The second-order valence-electron chi connectivity index (χ2n) is 14.3. The number of nitrogens with one attached hydrogen (secondary N) is 4. The van der Waals surface area contributed by atoms with Gasteiger partial charge in [-0.15, -0.1) is 0 Å². The molecule has 0 fully saturated rings. The summed E-state index contributed by atoms with van der Waals surface area (Å²) in [6, 6.07) is 10.8. The third-order valence-corrected chi connectivity index (χ3v) is 6.09. The van der Waals surface area contributed by atoms with Crippen molar-refractivity contribution in [3.05, 3.63) is 36.4 Å². The number of carbonyl (C=O) groups is 4. The summed E-state index contributed by atoms with van der Waals surface area (Å²) in [5.74, 6) is -0.765. The molecule has 0 saturated heterocycles. The highest BCUT2D eigenvalue weighted by molar-refractivity contribution is 6.05. The largest absolute Gasteiger partial charge is 0.324 e. The molecule has 0 spiro atoms. The first-order valence-electron chi connectivity index (χ1n) is 13.5. The fourth-order valence-corrected chi connectivity index (χ4v) is 3.11. The van der Waals surface area contributed by atoms with Crippen LogP contribution in [0.4, 0.5) is 22.7 Å². The molecule has 2 aromatic carbocycles. The van der Waals surface area contributed by atoms with Gasteiger partial charge in [0.2, 0.25) is 23.6 Å². The molecule has 0 radical (unpaired) electrons. The summed E-state index contributed by atoms with van der Waals surface area (Å²) in [7, 11) is 0. The topological polar surface area (TPSA) is 116 Å². The van der Waals surface area contributed by atoms with Crippen molar-refractivity contribution in [2.45, 2.75) is 83.1 Å². The number of benzene rings is 2. The van der Waals surface area contributed by atoms with Crippen LogP contribution >= 0.6 is 0 Å². The van der Waals surface area contributed by atoms with E-state index in [9.17, 15) is 19.2 Å². The maximum Gasteiger partial charge on any atom is 0.229 e. The van der Waals surface area contributed by atoms with Crippen LogP contribution in [0.5, 0.6) is 0 Å². The van der Waals surface area contributed by atoms with Gasteiger partial charge in [-0.25, -0.2) is 0 Å². The van der Waals surface area contributed by atoms with E-state index < -0.39 is 21.7 Å². The van der Waals surface area contributed by atoms with E-state index in [1.54, 1.807) is 24.3 Å². The highest BCUT2D eigenvalue weighted by Crippen LogP contribution is 2.35. The van der Waals surface area contributed by atoms with Crippen LogP contribution in [0.15, 0.2) is 36.4 Å². The second kappa shape index (κ2) is 11.4. The van der Waals surface area contributed by atoms with Crippen molar-refractivity contribution in [2.75, 3.05) is 21.3 Å². The zero-order valence-corrected chi connectivity index (χ0v) is 26.1. The first kappa shape index (κ1) is 32.5. The van der Waals surface area contributed by atoms with E-state index in [2.05, 4.69) is 21.3 Å². The molecule has 0 saturated carbocycles. The summed E-state index contributed by atoms with van der Waals surface area (Å²) < 4.78 is 0. The highest BCUT2D eigenvalue weighted by Gasteiger charge is 2.27. The molecule has 4 N–H and O–H groups in total. The molecule has 0 heterocycles. The predicted molar refractivity (Wildman–Crippen MR) is 164 cm³/mol. The highest BCUT2D eigenvalue weighted by atomic mass is 16.2. The molecule has 4 amide bonds. The maximum absolute atomic E-state index is 12.9. The van der Waals surface area contributed by atoms with E-state index in [1.807, 2.05) is 95.2 Å². The van der Waals surface area contributed by atoms with Gasteiger partial charge in [-0.3, -0.25) is 19.2 Å². The van der Waals surface area contributed by atoms with Gasteiger partial charge in [0, 0.05) is 21.7 Å². The Morgan fingerprint density at radius 1 is 0.400 bits per heavy atom. The molecule has 0 aliphatic carbocycles. The molecule has 0 aliphatic rings. The van der Waals surface area contributed by atoms with E-state index >= 15 is 0 Å². The zero-order valence-electron chi connectivity index (χ0n) is 26.1. The molecule has 8 nitrogen and oxygen atoms in total. The van der Waals surface area contributed by atoms with E-state index in [4.69, 9.17) is 0 Å². The average Bonchev–Trinajstić information content (AvgIpc) is 2.78. The smallest absolute Gasteiger partial charge is 0.229 e. The van der Waals surface area contributed by atoms with Gasteiger partial charge in [0.15, 0.2) is 0 Å². The van der Waals surface area contributed by atoms with Crippen LogP contribution in [0, 0.1) is 21.7 Å². The Hall–Kier alpha value is -3.68. The third-order valence-electron chi connectivity index (χ3n) is 6.09. The molecule has 0 aliphatic heterocycles. The molecule has 40 heavy (non-hydrogen) atoms. The van der Waals surface area contributed by atoms with Crippen LogP contribution in [0.3, 0.4) is 0 Å². The average molecular weight is 551 g/mol. The second-order valence-corrected chi connectivity index (χ2v) is 14.3. The molecule has 0 aromatic heterocycles. The molecule has 2 rings (SSSR count). The van der Waals surface area contributed by atoms with E-state index in [0.29, 0.717) is 22.7 Å². The Kier molecular flexibility index (Phi) is 9.30. The quantitative estimate of drug-likeness (QED) is 0.313. The van der Waals surface area contributed by atoms with Crippen LogP contribution in [0.2, 0.25) is 0 Å². The van der Waals surface area contributed by atoms with Crippen LogP contribution in [-0.4, -0.2) is 23.6 Å². The Morgan fingerprint density at radius 3 is 0.850 bits per heavy atom. The lowest BCUT2D eigenvalue weighted by Crippen LogP contribution is -2.30. The fraction of sp³-hybridized carbons (Fsp3) is 0.500. The molecule has 2 aromatic rings. The van der Waals surface area contributed by atoms with Crippen LogP contribution < -0.4 is 21.3 Å². The Bertz CT molecular complexity index is 1200. The molecule has 218 valence electrons. The summed E-state index contributed by atoms with van der Waals surface area (Å²) in [6.07, 6.45) is 0. The molecule has 0 bridgehead atoms. The molecular weight excluding hydrogens is 504 g/mol. The van der Waals surface area contributed by atoms with E-state index in [1.165, 1.54) is 0 Å². The van der Waals surface area contributed by atoms with Gasteiger partial charge in [0.1, 0.15) is 0 Å². The Balaban J connectivity index is 2.63. The monoisotopic (exact) mass is 550 g/mol. The van der Waals surface area contributed by atoms with Crippen LogP contribution in [0.1, 0.15) is 83.1 Å². The number of carbonyl (C=O) groups excluding carboxylic acids is 4. The van der Waals surface area contributed by atoms with Crippen LogP contribution in [0.25, 0.3) is 11.1 Å². The number of hydrogen-bond donors (Lipinski definition) is 4. The van der Waals surface area contributed by atoms with Gasteiger partial charge in [0.05, 0.1) is 22.7 Å². The predicted octanol–water partition coefficient (Wildman–Crippen LogP) is 7.29. The summed E-state index contributed by atoms with van der Waals surface area (Å²) >= 11 is 0. The van der Waals surface area contributed by atoms with Gasteiger partial charge in [-0.1, -0.05) is 95.2 Å². The Morgan fingerprint density at radius 2 is 0.625 bits per heavy atom. The van der Waals surface area contributed by atoms with Crippen molar-refractivity contribution in [3.63, 3.8) is 0 Å². The minimum absolute atomic E-state index is 0.183. The van der Waals surface area contributed by atoms with Crippen molar-refractivity contribution in [1.29, 1.82) is 0 Å². The van der Waals surface area contributed by atoms with E-state index in [0.717, 1.165) is 11.1 Å². The first-order chi connectivity index (χ1) is 18.0. The maximum atomic E-state index is 12.9. The normalized spacial score (nSPS) is 12.4. The summed E-state index contributed by atoms with van der Waals surface area (Å²) in [4.78, 5) is 51.3. The number of rotatable bonds is 5. The molecular formula is C32H46N4O4. The number of amides is 4. The van der Waals surface area contributed by atoms with Crippen molar-refractivity contribution in [1.82, 2.24) is 0 Å². The van der Waals surface area contributed by atoms with Gasteiger partial charge < -0.3 is 21.3 Å². The minimum atomic E-state index is -0.654. The summed E-state index contributed by atoms with van der Waals surface area (Å²) in [6.45, 7) is 21.8. The fourth-order valence-electron chi connectivity index (χ4n) is 3.11. The lowest BCUT2D eigenvalue weighted by Gasteiger charge is -2.24. The standard InChI is InChI=1S/C32H46N4O4/c1-29(2,3)25(37)33-21-15-13-19(17-23(21)35-27(39)31(7,8)9)20-14-16-22(34-26(38)30(4,5)6)24(18-20)36-28(40)32(10,11)12/h13-18H,1-12H3,(H,33,37)(H,34,38)(H,35,39)(H,36,40). The van der Waals surface area contributed by atoms with Crippen molar-refractivity contribution in [3.8, 4) is 11.1 Å².